The molecule has 1 unspecified atom stereocenters. The lowest BCUT2D eigenvalue weighted by molar-refractivity contribution is -0.136. The minimum absolute atomic E-state index is 0.161. The second-order valence-corrected chi connectivity index (χ2v) is 9.82. The molecule has 7 nitrogen and oxygen atoms in total. The van der Waals surface area contributed by atoms with Gasteiger partial charge in [-0.3, -0.25) is 14.2 Å². The van der Waals surface area contributed by atoms with E-state index in [2.05, 4.69) is 0 Å². The Hall–Kier alpha value is -3.84. The van der Waals surface area contributed by atoms with E-state index in [-0.39, 0.29) is 24.0 Å². The second kappa shape index (κ2) is 12.1. The Bertz CT molecular complexity index is 1470. The number of fused-ring (bicyclic) bond motifs is 1. The van der Waals surface area contributed by atoms with Crippen LogP contribution in [0.5, 0.6) is 11.5 Å². The number of aromatic nitrogens is 2. The quantitative estimate of drug-likeness (QED) is 0.247. The molecule has 1 atom stereocenters. The van der Waals surface area contributed by atoms with Crippen LogP contribution in [0.1, 0.15) is 39.6 Å². The van der Waals surface area contributed by atoms with Crippen molar-refractivity contribution in [1.29, 1.82) is 0 Å². The average molecular weight is 534 g/mol. The van der Waals surface area contributed by atoms with Crippen molar-refractivity contribution in [2.45, 2.75) is 33.7 Å². The fraction of sp³-hybridized carbons (Fsp3) is 0.300. The predicted molar refractivity (Wildman–Crippen MR) is 150 cm³/mol. The van der Waals surface area contributed by atoms with E-state index in [1.807, 2.05) is 70.2 Å². The second-order valence-electron chi connectivity index (χ2n) is 9.39. The maximum absolute atomic E-state index is 13.9. The molecule has 4 rings (SSSR count). The molecule has 3 aromatic carbocycles. The fourth-order valence-electron chi connectivity index (χ4n) is 4.35. The van der Waals surface area contributed by atoms with Gasteiger partial charge in [-0.1, -0.05) is 49.7 Å². The van der Waals surface area contributed by atoms with Crippen molar-refractivity contribution < 1.29 is 14.3 Å². The standard InChI is InChI=1S/C30H32ClN3O4/c1-5-37-27-13-9-8-12-26(27)34-29(32-25-11-7-6-10-24(25)30(34)36)21(4)33(18-20(2)3)28(35)19-38-23-16-14-22(31)15-17-23/h6-17,20-21H,5,18-19H2,1-4H3. The van der Waals surface area contributed by atoms with Gasteiger partial charge >= 0.3 is 0 Å². The summed E-state index contributed by atoms with van der Waals surface area (Å²) in [7, 11) is 0. The Morgan fingerprint density at radius 3 is 2.37 bits per heavy atom. The maximum atomic E-state index is 13.9. The van der Waals surface area contributed by atoms with E-state index in [4.69, 9.17) is 26.1 Å². The van der Waals surface area contributed by atoms with Crippen LogP contribution in [0, 0.1) is 5.92 Å². The van der Waals surface area contributed by atoms with Gasteiger partial charge in [0.25, 0.3) is 11.5 Å². The van der Waals surface area contributed by atoms with Crippen LogP contribution >= 0.6 is 11.6 Å². The van der Waals surface area contributed by atoms with Crippen LogP contribution in [0.4, 0.5) is 0 Å². The molecule has 0 saturated heterocycles. The molecule has 198 valence electrons. The monoisotopic (exact) mass is 533 g/mol. The van der Waals surface area contributed by atoms with Crippen LogP contribution in [0.25, 0.3) is 16.6 Å². The van der Waals surface area contributed by atoms with Gasteiger partial charge in [0.05, 0.1) is 29.2 Å². The van der Waals surface area contributed by atoms with Crippen molar-refractivity contribution in [3.63, 3.8) is 0 Å². The van der Waals surface area contributed by atoms with E-state index in [0.717, 1.165) is 0 Å². The fourth-order valence-corrected chi connectivity index (χ4v) is 4.48. The number of carbonyl (C=O) groups is 1. The largest absolute Gasteiger partial charge is 0.492 e. The summed E-state index contributed by atoms with van der Waals surface area (Å²) in [5, 5.41) is 1.08. The molecular weight excluding hydrogens is 502 g/mol. The van der Waals surface area contributed by atoms with Crippen molar-refractivity contribution >= 4 is 28.4 Å². The zero-order valence-corrected chi connectivity index (χ0v) is 22.8. The van der Waals surface area contributed by atoms with E-state index in [1.165, 1.54) is 0 Å². The number of hydrogen-bond donors (Lipinski definition) is 0. The molecule has 0 aliphatic rings. The van der Waals surface area contributed by atoms with Crippen LogP contribution in [0.15, 0.2) is 77.6 Å². The summed E-state index contributed by atoms with van der Waals surface area (Å²) < 4.78 is 13.2. The van der Waals surface area contributed by atoms with Crippen molar-refractivity contribution in [2.24, 2.45) is 5.92 Å². The molecule has 1 heterocycles. The minimum atomic E-state index is -0.536. The molecule has 0 aliphatic heterocycles. The smallest absolute Gasteiger partial charge is 0.266 e. The van der Waals surface area contributed by atoms with Gasteiger partial charge in [-0.2, -0.15) is 0 Å². The number of nitrogens with zero attached hydrogens (tertiary/aromatic N) is 3. The molecule has 0 aliphatic carbocycles. The van der Waals surface area contributed by atoms with Gasteiger partial charge in [-0.05, 0) is 68.3 Å². The SMILES string of the molecule is CCOc1ccccc1-n1c(C(C)N(CC(C)C)C(=O)COc2ccc(Cl)cc2)nc2ccccc2c1=O. The lowest BCUT2D eigenvalue weighted by atomic mass is 10.1. The Balaban J connectivity index is 1.80. The highest BCUT2D eigenvalue weighted by atomic mass is 35.5. The van der Waals surface area contributed by atoms with Crippen LogP contribution < -0.4 is 15.0 Å². The predicted octanol–water partition coefficient (Wildman–Crippen LogP) is 6.06. The summed E-state index contributed by atoms with van der Waals surface area (Å²) in [4.78, 5) is 34.1. The summed E-state index contributed by atoms with van der Waals surface area (Å²) in [6.45, 7) is 8.60. The van der Waals surface area contributed by atoms with Crippen LogP contribution in [0.3, 0.4) is 0 Å². The number of rotatable bonds is 10. The Kier molecular flexibility index (Phi) is 8.69. The molecule has 0 saturated carbocycles. The van der Waals surface area contributed by atoms with Crippen LogP contribution in [0.2, 0.25) is 5.02 Å². The number of para-hydroxylation sites is 3. The molecule has 38 heavy (non-hydrogen) atoms. The third-order valence-corrected chi connectivity index (χ3v) is 6.36. The topological polar surface area (TPSA) is 73.7 Å². The molecule has 1 amide bonds. The molecule has 4 aromatic rings. The highest BCUT2D eigenvalue weighted by molar-refractivity contribution is 6.30. The third kappa shape index (κ3) is 6.00. The first-order valence-corrected chi connectivity index (χ1v) is 13.1. The summed E-state index contributed by atoms with van der Waals surface area (Å²) >= 11 is 5.97. The molecule has 0 N–H and O–H groups in total. The van der Waals surface area contributed by atoms with Gasteiger partial charge in [-0.15, -0.1) is 0 Å². The number of halogens is 1. The van der Waals surface area contributed by atoms with Crippen molar-refractivity contribution in [3.05, 3.63) is 94.0 Å². The van der Waals surface area contributed by atoms with E-state index in [1.54, 1.807) is 39.8 Å². The average Bonchev–Trinajstić information content (AvgIpc) is 2.91. The van der Waals surface area contributed by atoms with E-state index in [0.29, 0.717) is 52.1 Å². The lowest BCUT2D eigenvalue weighted by Gasteiger charge is -2.32. The molecular formula is C30H32ClN3O4. The number of amides is 1. The van der Waals surface area contributed by atoms with E-state index >= 15 is 0 Å². The summed E-state index contributed by atoms with van der Waals surface area (Å²) in [6.07, 6.45) is 0. The zero-order valence-electron chi connectivity index (χ0n) is 22.1. The number of hydrogen-bond acceptors (Lipinski definition) is 5. The first-order valence-electron chi connectivity index (χ1n) is 12.7. The molecule has 0 bridgehead atoms. The normalized spacial score (nSPS) is 11.9. The van der Waals surface area contributed by atoms with E-state index < -0.39 is 6.04 Å². The van der Waals surface area contributed by atoms with Crippen molar-refractivity contribution in [1.82, 2.24) is 14.5 Å². The highest BCUT2D eigenvalue weighted by Crippen LogP contribution is 2.28. The van der Waals surface area contributed by atoms with Gasteiger partial charge in [-0.25, -0.2) is 4.98 Å². The zero-order chi connectivity index (χ0) is 27.2. The van der Waals surface area contributed by atoms with Gasteiger partial charge in [0.15, 0.2) is 6.61 Å². The first kappa shape index (κ1) is 27.2. The van der Waals surface area contributed by atoms with Gasteiger partial charge in [0, 0.05) is 11.6 Å². The van der Waals surface area contributed by atoms with Crippen LogP contribution in [-0.4, -0.2) is 40.1 Å². The first-order chi connectivity index (χ1) is 18.3. The summed E-state index contributed by atoms with van der Waals surface area (Å²) in [6, 6.07) is 20.9. The Morgan fingerprint density at radius 2 is 1.66 bits per heavy atom. The molecule has 0 radical (unpaired) electrons. The Labute approximate surface area is 227 Å². The number of ether oxygens (including phenoxy) is 2. The molecule has 1 aromatic heterocycles. The number of carbonyl (C=O) groups excluding carboxylic acids is 1. The van der Waals surface area contributed by atoms with Gasteiger partial charge in [0.1, 0.15) is 17.3 Å². The maximum Gasteiger partial charge on any atom is 0.266 e. The highest BCUT2D eigenvalue weighted by Gasteiger charge is 2.28. The van der Waals surface area contributed by atoms with Gasteiger partial charge in [0.2, 0.25) is 0 Å². The summed E-state index contributed by atoms with van der Waals surface area (Å²) in [5.74, 6) is 1.52. The molecule has 0 fully saturated rings. The third-order valence-electron chi connectivity index (χ3n) is 6.11. The lowest BCUT2D eigenvalue weighted by Crippen LogP contribution is -2.41. The van der Waals surface area contributed by atoms with Crippen molar-refractivity contribution in [2.75, 3.05) is 19.8 Å². The van der Waals surface area contributed by atoms with Gasteiger partial charge < -0.3 is 14.4 Å². The molecule has 0 spiro atoms. The number of benzene rings is 3. The van der Waals surface area contributed by atoms with E-state index in [9.17, 15) is 9.59 Å². The summed E-state index contributed by atoms with van der Waals surface area (Å²) in [5.41, 5.74) is 0.923. The Morgan fingerprint density at radius 1 is 0.974 bits per heavy atom. The molecule has 8 heteroatoms. The van der Waals surface area contributed by atoms with Crippen LogP contribution in [-0.2, 0) is 4.79 Å². The van der Waals surface area contributed by atoms with Crippen molar-refractivity contribution in [3.8, 4) is 17.2 Å². The minimum Gasteiger partial charge on any atom is -0.492 e.